The average molecular weight is 495 g/mol. The quantitative estimate of drug-likeness (QED) is 0.342. The third-order valence-corrected chi connectivity index (χ3v) is 5.75. The molecule has 4 aromatic rings. The number of benzene rings is 2. The van der Waals surface area contributed by atoms with Crippen molar-refractivity contribution < 1.29 is 13.9 Å². The molecule has 0 saturated heterocycles. The molecule has 0 aliphatic rings. The van der Waals surface area contributed by atoms with Gasteiger partial charge in [0.1, 0.15) is 5.82 Å². The summed E-state index contributed by atoms with van der Waals surface area (Å²) < 4.78 is 27.5. The van der Waals surface area contributed by atoms with Crippen LogP contribution in [0, 0.1) is 19.7 Å². The van der Waals surface area contributed by atoms with E-state index in [1.807, 2.05) is 42.9 Å². The highest BCUT2D eigenvalue weighted by atomic mass is 32.1. The van der Waals surface area contributed by atoms with Crippen molar-refractivity contribution in [1.82, 2.24) is 19.6 Å². The number of hydrogen-bond donors (Lipinski definition) is 2. The minimum absolute atomic E-state index is 0.259. The van der Waals surface area contributed by atoms with Gasteiger partial charge in [0.25, 0.3) is 0 Å². The zero-order chi connectivity index (χ0) is 24.9. The number of hydrogen-bond acceptors (Lipinski definition) is 5. The van der Waals surface area contributed by atoms with E-state index in [-0.39, 0.29) is 5.82 Å². The number of thiocarbonyl (C=S) groups is 1. The Labute approximate surface area is 208 Å². The third kappa shape index (κ3) is 5.78. The van der Waals surface area contributed by atoms with Gasteiger partial charge in [0.2, 0.25) is 0 Å². The van der Waals surface area contributed by atoms with Gasteiger partial charge in [0.15, 0.2) is 16.6 Å². The molecule has 0 spiro atoms. The molecule has 8 nitrogen and oxygen atoms in total. The summed E-state index contributed by atoms with van der Waals surface area (Å²) in [6.07, 6.45) is 3.54. The summed E-state index contributed by atoms with van der Waals surface area (Å²) in [6.45, 7) is 5.03. The largest absolute Gasteiger partial charge is 0.493 e. The van der Waals surface area contributed by atoms with Crippen LogP contribution in [0.15, 0.2) is 54.9 Å². The maximum atomic E-state index is 13.1. The lowest BCUT2D eigenvalue weighted by molar-refractivity contribution is 0.354. The van der Waals surface area contributed by atoms with Crippen molar-refractivity contribution in [3.05, 3.63) is 83.2 Å². The number of halogens is 1. The van der Waals surface area contributed by atoms with Gasteiger partial charge in [-0.1, -0.05) is 18.2 Å². The Kier molecular flexibility index (Phi) is 7.31. The van der Waals surface area contributed by atoms with E-state index in [0.717, 1.165) is 33.9 Å². The lowest BCUT2D eigenvalue weighted by atomic mass is 10.2. The van der Waals surface area contributed by atoms with Crippen LogP contribution < -0.4 is 20.1 Å². The number of nitrogens with one attached hydrogen (secondary N) is 2. The topological polar surface area (TPSA) is 78.2 Å². The maximum absolute atomic E-state index is 13.1. The van der Waals surface area contributed by atoms with E-state index in [4.69, 9.17) is 21.7 Å². The molecule has 0 aliphatic heterocycles. The first-order chi connectivity index (χ1) is 16.9. The molecule has 0 bridgehead atoms. The molecule has 10 heteroatoms. The normalized spacial score (nSPS) is 10.8. The second-order valence-corrected chi connectivity index (χ2v) is 8.43. The van der Waals surface area contributed by atoms with Gasteiger partial charge < -0.3 is 20.1 Å². The second kappa shape index (κ2) is 10.6. The Morgan fingerprint density at radius 3 is 2.40 bits per heavy atom. The van der Waals surface area contributed by atoms with Crippen molar-refractivity contribution in [2.24, 2.45) is 0 Å². The van der Waals surface area contributed by atoms with E-state index in [1.54, 1.807) is 37.2 Å². The van der Waals surface area contributed by atoms with E-state index in [9.17, 15) is 4.39 Å². The van der Waals surface area contributed by atoms with Gasteiger partial charge in [-0.2, -0.15) is 10.2 Å². The molecular formula is C25H27FN6O2S. The molecule has 4 rings (SSSR count). The molecule has 2 aromatic heterocycles. The van der Waals surface area contributed by atoms with Crippen LogP contribution in [0.2, 0.25) is 0 Å². The van der Waals surface area contributed by atoms with E-state index in [2.05, 4.69) is 20.8 Å². The molecule has 182 valence electrons. The number of anilines is 2. The van der Waals surface area contributed by atoms with Crippen molar-refractivity contribution in [3.63, 3.8) is 0 Å². The lowest BCUT2D eigenvalue weighted by Crippen LogP contribution is -2.19. The molecule has 0 radical (unpaired) electrons. The summed E-state index contributed by atoms with van der Waals surface area (Å²) in [6, 6.07) is 12.2. The summed E-state index contributed by atoms with van der Waals surface area (Å²) in [4.78, 5) is 0. The number of rotatable bonds is 8. The standard InChI is InChI=1S/C25H27FN6O2S/c1-16-24(17(2)32(30-16)14-19-7-10-22(33-3)23(11-19)34-4)29-25(35)28-21-12-27-31(15-21)13-18-5-8-20(26)9-6-18/h5-12,15H,13-14H2,1-4H3,(H2,28,29,35). The molecule has 2 heterocycles. The molecular weight excluding hydrogens is 467 g/mol. The van der Waals surface area contributed by atoms with E-state index in [0.29, 0.717) is 29.7 Å². The van der Waals surface area contributed by atoms with Crippen molar-refractivity contribution in [3.8, 4) is 11.5 Å². The predicted octanol–water partition coefficient (Wildman–Crippen LogP) is 4.76. The van der Waals surface area contributed by atoms with Gasteiger partial charge >= 0.3 is 0 Å². The van der Waals surface area contributed by atoms with Gasteiger partial charge in [-0.05, 0) is 61.5 Å². The highest BCUT2D eigenvalue weighted by Gasteiger charge is 2.14. The zero-order valence-electron chi connectivity index (χ0n) is 20.0. The Morgan fingerprint density at radius 1 is 0.971 bits per heavy atom. The fourth-order valence-electron chi connectivity index (χ4n) is 3.75. The highest BCUT2D eigenvalue weighted by molar-refractivity contribution is 7.80. The Bertz CT molecular complexity index is 1330. The fourth-order valence-corrected chi connectivity index (χ4v) is 3.97. The Balaban J connectivity index is 1.40. The number of methoxy groups -OCH3 is 2. The first kappa shape index (κ1) is 24.2. The zero-order valence-corrected chi connectivity index (χ0v) is 20.8. The molecule has 0 saturated carbocycles. The van der Waals surface area contributed by atoms with Crippen molar-refractivity contribution in [1.29, 1.82) is 0 Å². The molecule has 0 atom stereocenters. The van der Waals surface area contributed by atoms with Crippen LogP contribution in [0.1, 0.15) is 22.5 Å². The van der Waals surface area contributed by atoms with Gasteiger partial charge in [-0.3, -0.25) is 9.36 Å². The first-order valence-corrected chi connectivity index (χ1v) is 11.4. The highest BCUT2D eigenvalue weighted by Crippen LogP contribution is 2.28. The molecule has 0 aliphatic carbocycles. The summed E-state index contributed by atoms with van der Waals surface area (Å²) in [5, 5.41) is 15.9. The van der Waals surface area contributed by atoms with Crippen LogP contribution in [0.4, 0.5) is 15.8 Å². The molecule has 35 heavy (non-hydrogen) atoms. The van der Waals surface area contributed by atoms with E-state index < -0.39 is 0 Å². The Hall–Kier alpha value is -3.92. The summed E-state index contributed by atoms with van der Waals surface area (Å²) >= 11 is 5.52. The number of nitrogens with zero attached hydrogens (tertiary/aromatic N) is 4. The number of aryl methyl sites for hydroxylation is 1. The molecule has 2 N–H and O–H groups in total. The molecule has 2 aromatic carbocycles. The monoisotopic (exact) mass is 494 g/mol. The molecule has 0 amide bonds. The van der Waals surface area contributed by atoms with Crippen molar-refractivity contribution >= 4 is 28.7 Å². The lowest BCUT2D eigenvalue weighted by Gasteiger charge is -2.11. The van der Waals surface area contributed by atoms with Gasteiger partial charge in [0, 0.05) is 6.20 Å². The Morgan fingerprint density at radius 2 is 1.69 bits per heavy atom. The van der Waals surface area contributed by atoms with Crippen molar-refractivity contribution in [2.75, 3.05) is 24.9 Å². The minimum atomic E-state index is -0.259. The maximum Gasteiger partial charge on any atom is 0.175 e. The molecule has 0 unspecified atom stereocenters. The van der Waals surface area contributed by atoms with Crippen LogP contribution in [-0.2, 0) is 13.1 Å². The summed E-state index contributed by atoms with van der Waals surface area (Å²) in [5.41, 5.74) is 5.37. The van der Waals surface area contributed by atoms with Crippen LogP contribution >= 0.6 is 12.2 Å². The fraction of sp³-hybridized carbons (Fsp3) is 0.240. The van der Waals surface area contributed by atoms with Gasteiger partial charge in [0.05, 0.1) is 56.3 Å². The van der Waals surface area contributed by atoms with Gasteiger partial charge in [-0.15, -0.1) is 0 Å². The summed E-state index contributed by atoms with van der Waals surface area (Å²) in [7, 11) is 3.23. The van der Waals surface area contributed by atoms with Crippen LogP contribution in [-0.4, -0.2) is 38.9 Å². The van der Waals surface area contributed by atoms with Crippen LogP contribution in [0.5, 0.6) is 11.5 Å². The first-order valence-electron chi connectivity index (χ1n) is 11.0. The molecule has 0 fully saturated rings. The predicted molar refractivity (Wildman–Crippen MR) is 138 cm³/mol. The smallest absolute Gasteiger partial charge is 0.175 e. The third-order valence-electron chi connectivity index (χ3n) is 5.55. The minimum Gasteiger partial charge on any atom is -0.493 e. The number of ether oxygens (including phenoxy) is 2. The van der Waals surface area contributed by atoms with Crippen LogP contribution in [0.25, 0.3) is 0 Å². The van der Waals surface area contributed by atoms with E-state index >= 15 is 0 Å². The van der Waals surface area contributed by atoms with Crippen LogP contribution in [0.3, 0.4) is 0 Å². The second-order valence-electron chi connectivity index (χ2n) is 8.02. The summed E-state index contributed by atoms with van der Waals surface area (Å²) in [5.74, 6) is 1.10. The van der Waals surface area contributed by atoms with Gasteiger partial charge in [-0.25, -0.2) is 4.39 Å². The SMILES string of the molecule is COc1ccc(Cn2nc(C)c(NC(=S)Nc3cnn(Cc4ccc(F)cc4)c3)c2C)cc1OC. The van der Waals surface area contributed by atoms with E-state index in [1.165, 1.54) is 12.1 Å². The average Bonchev–Trinajstić information content (AvgIpc) is 3.39. The number of aromatic nitrogens is 4. The van der Waals surface area contributed by atoms with Crippen molar-refractivity contribution in [2.45, 2.75) is 26.9 Å².